The fraction of sp³-hybridized carbons (Fsp3) is 0.348. The molecule has 0 fully saturated rings. The number of hydrogen-bond acceptors (Lipinski definition) is 5. The number of nitrogens with zero attached hydrogens (tertiary/aromatic N) is 2. The number of aryl methyl sites for hydroxylation is 1. The van der Waals surface area contributed by atoms with Gasteiger partial charge in [0.15, 0.2) is 10.9 Å². The van der Waals surface area contributed by atoms with Crippen LogP contribution in [-0.2, 0) is 24.1 Å². The SMILES string of the molecule is CCOC(=O)c1c(NC(=S)Nc2ccn(Cc3ccc(Cl)cc3)n2)sc2c1CCCCC2. The summed E-state index contributed by atoms with van der Waals surface area (Å²) in [5.41, 5.74) is 2.85. The van der Waals surface area contributed by atoms with Crippen LogP contribution in [0.4, 0.5) is 10.8 Å². The topological polar surface area (TPSA) is 68.2 Å². The van der Waals surface area contributed by atoms with Gasteiger partial charge in [-0.3, -0.25) is 4.68 Å². The van der Waals surface area contributed by atoms with Crippen LogP contribution in [0.3, 0.4) is 0 Å². The van der Waals surface area contributed by atoms with E-state index in [9.17, 15) is 4.79 Å². The molecule has 0 bridgehead atoms. The van der Waals surface area contributed by atoms with Gasteiger partial charge in [-0.2, -0.15) is 5.10 Å². The van der Waals surface area contributed by atoms with Crippen molar-refractivity contribution in [3.63, 3.8) is 0 Å². The molecule has 0 unspecified atom stereocenters. The van der Waals surface area contributed by atoms with E-state index in [-0.39, 0.29) is 5.97 Å². The highest BCUT2D eigenvalue weighted by Crippen LogP contribution is 2.38. The molecule has 1 aliphatic rings. The summed E-state index contributed by atoms with van der Waals surface area (Å²) in [6, 6.07) is 9.53. The van der Waals surface area contributed by atoms with Gasteiger partial charge in [0.2, 0.25) is 0 Å². The summed E-state index contributed by atoms with van der Waals surface area (Å²) in [4.78, 5) is 14.0. The number of thiocarbonyl (C=S) groups is 1. The molecule has 0 amide bonds. The summed E-state index contributed by atoms with van der Waals surface area (Å²) in [6.07, 6.45) is 7.19. The second-order valence-corrected chi connectivity index (χ2v) is 9.54. The minimum absolute atomic E-state index is 0.288. The van der Waals surface area contributed by atoms with Gasteiger partial charge in [-0.05, 0) is 68.1 Å². The molecule has 0 saturated heterocycles. The Bertz CT molecular complexity index is 1110. The Labute approximate surface area is 201 Å². The first-order valence-electron chi connectivity index (χ1n) is 10.7. The number of carbonyl (C=O) groups excluding carboxylic acids is 1. The van der Waals surface area contributed by atoms with Crippen LogP contribution >= 0.6 is 35.2 Å². The van der Waals surface area contributed by atoms with Crippen molar-refractivity contribution in [1.29, 1.82) is 0 Å². The number of benzene rings is 1. The summed E-state index contributed by atoms with van der Waals surface area (Å²) in [5, 5.41) is 12.7. The van der Waals surface area contributed by atoms with Crippen molar-refractivity contribution in [2.24, 2.45) is 0 Å². The van der Waals surface area contributed by atoms with E-state index in [1.54, 1.807) is 11.3 Å². The monoisotopic (exact) mass is 488 g/mol. The molecule has 6 nitrogen and oxygen atoms in total. The third kappa shape index (κ3) is 5.49. The molecule has 2 N–H and O–H groups in total. The van der Waals surface area contributed by atoms with Crippen molar-refractivity contribution in [3.8, 4) is 0 Å². The largest absolute Gasteiger partial charge is 0.462 e. The van der Waals surface area contributed by atoms with Gasteiger partial charge in [0.05, 0.1) is 18.7 Å². The number of esters is 1. The number of fused-ring (bicyclic) bond motifs is 1. The van der Waals surface area contributed by atoms with E-state index in [1.807, 2.05) is 48.1 Å². The van der Waals surface area contributed by atoms with Gasteiger partial charge >= 0.3 is 5.97 Å². The zero-order chi connectivity index (χ0) is 22.5. The highest BCUT2D eigenvalue weighted by molar-refractivity contribution is 7.80. The van der Waals surface area contributed by atoms with E-state index < -0.39 is 0 Å². The van der Waals surface area contributed by atoms with Crippen LogP contribution < -0.4 is 10.6 Å². The van der Waals surface area contributed by atoms with E-state index in [0.29, 0.717) is 34.7 Å². The molecule has 0 spiro atoms. The molecule has 1 aromatic carbocycles. The third-order valence-corrected chi connectivity index (χ3v) is 6.93. The third-order valence-electron chi connectivity index (χ3n) is 5.27. The van der Waals surface area contributed by atoms with E-state index in [0.717, 1.165) is 41.8 Å². The lowest BCUT2D eigenvalue weighted by Crippen LogP contribution is -2.21. The van der Waals surface area contributed by atoms with Crippen molar-refractivity contribution in [3.05, 3.63) is 63.1 Å². The molecule has 1 aliphatic carbocycles. The normalized spacial score (nSPS) is 13.2. The minimum atomic E-state index is -0.288. The molecule has 2 heterocycles. The Balaban J connectivity index is 1.45. The lowest BCUT2D eigenvalue weighted by Gasteiger charge is -2.10. The van der Waals surface area contributed by atoms with Crippen LogP contribution in [0.1, 0.15) is 52.5 Å². The Morgan fingerprint density at radius 2 is 1.97 bits per heavy atom. The molecule has 0 radical (unpaired) electrons. The second kappa shape index (κ2) is 10.5. The van der Waals surface area contributed by atoms with Gasteiger partial charge in [-0.1, -0.05) is 30.2 Å². The molecular formula is C23H25ClN4O2S2. The molecule has 3 aromatic rings. The van der Waals surface area contributed by atoms with Gasteiger partial charge in [-0.15, -0.1) is 11.3 Å². The molecule has 0 saturated carbocycles. The van der Waals surface area contributed by atoms with Gasteiger partial charge in [0.25, 0.3) is 0 Å². The van der Waals surface area contributed by atoms with Crippen LogP contribution in [0, 0.1) is 0 Å². The maximum atomic E-state index is 12.7. The number of halogens is 1. The first kappa shape index (κ1) is 22.8. The summed E-state index contributed by atoms with van der Waals surface area (Å²) < 4.78 is 7.17. The van der Waals surface area contributed by atoms with Crippen LogP contribution in [0.15, 0.2) is 36.5 Å². The van der Waals surface area contributed by atoms with Gasteiger partial charge in [0.1, 0.15) is 5.00 Å². The van der Waals surface area contributed by atoms with Crippen LogP contribution in [0.5, 0.6) is 0 Å². The van der Waals surface area contributed by atoms with Crippen LogP contribution in [-0.4, -0.2) is 27.5 Å². The number of nitrogens with one attached hydrogen (secondary N) is 2. The molecule has 4 rings (SSSR count). The molecular weight excluding hydrogens is 464 g/mol. The van der Waals surface area contributed by atoms with Crippen molar-refractivity contribution in [2.45, 2.75) is 45.6 Å². The highest BCUT2D eigenvalue weighted by atomic mass is 35.5. The van der Waals surface area contributed by atoms with E-state index in [1.165, 1.54) is 11.3 Å². The number of carbonyl (C=O) groups is 1. The fourth-order valence-electron chi connectivity index (χ4n) is 3.79. The summed E-state index contributed by atoms with van der Waals surface area (Å²) in [7, 11) is 0. The molecule has 2 aromatic heterocycles. The zero-order valence-corrected chi connectivity index (χ0v) is 20.2. The van der Waals surface area contributed by atoms with Crippen molar-refractivity contribution >= 4 is 57.1 Å². The van der Waals surface area contributed by atoms with Gasteiger partial charge in [0, 0.05) is 22.2 Å². The Morgan fingerprint density at radius 3 is 2.75 bits per heavy atom. The van der Waals surface area contributed by atoms with Crippen LogP contribution in [0.25, 0.3) is 0 Å². The van der Waals surface area contributed by atoms with Crippen molar-refractivity contribution in [2.75, 3.05) is 17.2 Å². The summed E-state index contributed by atoms with van der Waals surface area (Å²) >= 11 is 13.1. The molecule has 0 atom stereocenters. The van der Waals surface area contributed by atoms with E-state index >= 15 is 0 Å². The number of thiophene rings is 1. The summed E-state index contributed by atoms with van der Waals surface area (Å²) in [6.45, 7) is 2.79. The van der Waals surface area contributed by atoms with Gasteiger partial charge in [-0.25, -0.2) is 4.79 Å². The lowest BCUT2D eigenvalue weighted by molar-refractivity contribution is 0.0527. The first-order valence-corrected chi connectivity index (χ1v) is 12.3. The summed E-state index contributed by atoms with van der Waals surface area (Å²) in [5.74, 6) is 0.344. The maximum absolute atomic E-state index is 12.7. The minimum Gasteiger partial charge on any atom is -0.462 e. The molecule has 0 aliphatic heterocycles. The number of hydrogen-bond donors (Lipinski definition) is 2. The Hall–Kier alpha value is -2.42. The molecule has 9 heteroatoms. The van der Waals surface area contributed by atoms with Gasteiger partial charge < -0.3 is 15.4 Å². The smallest absolute Gasteiger partial charge is 0.341 e. The molecule has 32 heavy (non-hydrogen) atoms. The number of aromatic nitrogens is 2. The van der Waals surface area contributed by atoms with E-state index in [4.69, 9.17) is 28.6 Å². The second-order valence-electron chi connectivity index (χ2n) is 7.59. The maximum Gasteiger partial charge on any atom is 0.341 e. The quantitative estimate of drug-likeness (QED) is 0.256. The average molecular weight is 489 g/mol. The fourth-order valence-corrected chi connectivity index (χ4v) is 5.47. The number of ether oxygens (including phenoxy) is 1. The lowest BCUT2D eigenvalue weighted by atomic mass is 10.1. The van der Waals surface area contributed by atoms with E-state index in [2.05, 4.69) is 15.7 Å². The Kier molecular flexibility index (Phi) is 7.44. The predicted octanol–water partition coefficient (Wildman–Crippen LogP) is 5.90. The predicted molar refractivity (Wildman–Crippen MR) is 134 cm³/mol. The Morgan fingerprint density at radius 1 is 1.19 bits per heavy atom. The standard InChI is InChI=1S/C23H25ClN4O2S2/c1-2-30-22(29)20-17-6-4-3-5-7-18(17)32-21(20)26-23(31)25-19-12-13-28(27-19)14-15-8-10-16(24)11-9-15/h8-13H,2-7,14H2,1H3,(H2,25,26,27,31). The van der Waals surface area contributed by atoms with Crippen LogP contribution in [0.2, 0.25) is 5.02 Å². The average Bonchev–Trinajstić information content (AvgIpc) is 3.26. The van der Waals surface area contributed by atoms with Crippen molar-refractivity contribution in [1.82, 2.24) is 9.78 Å². The highest BCUT2D eigenvalue weighted by Gasteiger charge is 2.26. The first-order chi connectivity index (χ1) is 15.5. The molecule has 168 valence electrons. The number of anilines is 2. The number of rotatable bonds is 6. The van der Waals surface area contributed by atoms with Crippen molar-refractivity contribution < 1.29 is 9.53 Å². The zero-order valence-electron chi connectivity index (χ0n) is 17.8.